The SMILES string of the molecule is N#Cc1cccc(-c2cccc(C(=O)NCCN3CCCC(C(N)=O)C3)c2)n1. The molecule has 3 N–H and O–H groups in total. The van der Waals surface area contributed by atoms with Crippen LogP contribution in [0.3, 0.4) is 0 Å². The molecule has 1 saturated heterocycles. The summed E-state index contributed by atoms with van der Waals surface area (Å²) >= 11 is 0. The Morgan fingerprint density at radius 3 is 2.89 bits per heavy atom. The minimum Gasteiger partial charge on any atom is -0.369 e. The van der Waals surface area contributed by atoms with Gasteiger partial charge in [0.1, 0.15) is 11.8 Å². The Morgan fingerprint density at radius 2 is 2.11 bits per heavy atom. The Labute approximate surface area is 164 Å². The first-order valence-electron chi connectivity index (χ1n) is 9.34. The van der Waals surface area contributed by atoms with E-state index in [1.165, 1.54) is 0 Å². The van der Waals surface area contributed by atoms with Crippen LogP contribution < -0.4 is 11.1 Å². The second kappa shape index (κ2) is 9.11. The van der Waals surface area contributed by atoms with Crippen LogP contribution >= 0.6 is 0 Å². The smallest absolute Gasteiger partial charge is 0.251 e. The standard InChI is InChI=1S/C21H23N5O2/c22-13-18-7-2-8-19(25-18)15-4-1-5-16(12-15)21(28)24-9-11-26-10-3-6-17(14-26)20(23)27/h1-2,4-5,7-8,12,17H,3,6,9-11,14H2,(H2,23,27)(H,24,28). The largest absolute Gasteiger partial charge is 0.369 e. The minimum absolute atomic E-state index is 0.0993. The van der Waals surface area contributed by atoms with Gasteiger partial charge in [0.05, 0.1) is 11.6 Å². The number of amides is 2. The number of nitrogens with two attached hydrogens (primary N) is 1. The average molecular weight is 377 g/mol. The number of rotatable bonds is 6. The number of nitrogens with zero attached hydrogens (tertiary/aromatic N) is 3. The van der Waals surface area contributed by atoms with Gasteiger partial charge in [-0.2, -0.15) is 5.26 Å². The number of carbonyl (C=O) groups excluding carboxylic acids is 2. The molecule has 1 aliphatic heterocycles. The maximum absolute atomic E-state index is 12.5. The Morgan fingerprint density at radius 1 is 1.29 bits per heavy atom. The van der Waals surface area contributed by atoms with Crippen LogP contribution in [0.5, 0.6) is 0 Å². The van der Waals surface area contributed by atoms with Crippen molar-refractivity contribution in [1.29, 1.82) is 5.26 Å². The van der Waals surface area contributed by atoms with Crippen molar-refractivity contribution >= 4 is 11.8 Å². The molecule has 1 aliphatic rings. The lowest BCUT2D eigenvalue weighted by molar-refractivity contribution is -0.123. The molecule has 0 saturated carbocycles. The van der Waals surface area contributed by atoms with E-state index in [4.69, 9.17) is 11.0 Å². The number of pyridine rings is 1. The Balaban J connectivity index is 1.58. The van der Waals surface area contributed by atoms with Crippen LogP contribution in [0.1, 0.15) is 28.9 Å². The molecule has 0 spiro atoms. The molecule has 2 aromatic rings. The number of hydrogen-bond acceptors (Lipinski definition) is 5. The number of benzene rings is 1. The monoisotopic (exact) mass is 377 g/mol. The molecule has 0 bridgehead atoms. The highest BCUT2D eigenvalue weighted by Crippen LogP contribution is 2.19. The zero-order valence-corrected chi connectivity index (χ0v) is 15.6. The molecular weight excluding hydrogens is 354 g/mol. The average Bonchev–Trinajstić information content (AvgIpc) is 2.74. The third kappa shape index (κ3) is 4.93. The molecule has 2 heterocycles. The van der Waals surface area contributed by atoms with Crippen molar-refractivity contribution in [2.75, 3.05) is 26.2 Å². The van der Waals surface area contributed by atoms with Gasteiger partial charge < -0.3 is 16.0 Å². The summed E-state index contributed by atoms with van der Waals surface area (Å²) in [6.45, 7) is 2.75. The number of nitrogens with one attached hydrogen (secondary N) is 1. The minimum atomic E-state index is -0.250. The first kappa shape index (κ1) is 19.5. The zero-order chi connectivity index (χ0) is 19.9. The van der Waals surface area contributed by atoms with Crippen LogP contribution in [0.4, 0.5) is 0 Å². The fourth-order valence-electron chi connectivity index (χ4n) is 3.40. The van der Waals surface area contributed by atoms with E-state index in [2.05, 4.69) is 15.2 Å². The first-order valence-corrected chi connectivity index (χ1v) is 9.34. The Kier molecular flexibility index (Phi) is 6.35. The highest BCUT2D eigenvalue weighted by Gasteiger charge is 2.23. The van der Waals surface area contributed by atoms with E-state index in [0.29, 0.717) is 36.6 Å². The maximum atomic E-state index is 12.5. The van der Waals surface area contributed by atoms with Crippen molar-refractivity contribution in [1.82, 2.24) is 15.2 Å². The van der Waals surface area contributed by atoms with Gasteiger partial charge in [0.25, 0.3) is 5.91 Å². The number of carbonyl (C=O) groups is 2. The number of primary amides is 1. The molecule has 2 amide bonds. The molecule has 7 nitrogen and oxygen atoms in total. The molecule has 1 aromatic heterocycles. The molecule has 7 heteroatoms. The van der Waals surface area contributed by atoms with Crippen LogP contribution in [0.2, 0.25) is 0 Å². The van der Waals surface area contributed by atoms with Crippen molar-refractivity contribution in [3.05, 3.63) is 53.7 Å². The predicted molar refractivity (Wildman–Crippen MR) is 105 cm³/mol. The molecule has 1 fully saturated rings. The van der Waals surface area contributed by atoms with Crippen LogP contribution in [0, 0.1) is 17.2 Å². The second-order valence-electron chi connectivity index (χ2n) is 6.90. The van der Waals surface area contributed by atoms with E-state index >= 15 is 0 Å². The number of nitriles is 1. The summed E-state index contributed by atoms with van der Waals surface area (Å²) in [5.41, 5.74) is 7.71. The van der Waals surface area contributed by atoms with Crippen LogP contribution in [-0.2, 0) is 4.79 Å². The van der Waals surface area contributed by atoms with Crippen LogP contribution in [0.15, 0.2) is 42.5 Å². The molecule has 1 unspecified atom stereocenters. The van der Waals surface area contributed by atoms with E-state index < -0.39 is 0 Å². The quantitative estimate of drug-likeness (QED) is 0.793. The van der Waals surface area contributed by atoms with E-state index in [1.54, 1.807) is 30.3 Å². The van der Waals surface area contributed by atoms with Crippen molar-refractivity contribution in [3.8, 4) is 17.3 Å². The predicted octanol–water partition coefficient (Wildman–Crippen LogP) is 1.55. The van der Waals surface area contributed by atoms with Crippen molar-refractivity contribution in [3.63, 3.8) is 0 Å². The molecule has 0 radical (unpaired) electrons. The molecule has 0 aliphatic carbocycles. The Bertz CT molecular complexity index is 906. The molecular formula is C21H23N5O2. The summed E-state index contributed by atoms with van der Waals surface area (Å²) in [4.78, 5) is 30.3. The summed E-state index contributed by atoms with van der Waals surface area (Å²) < 4.78 is 0. The topological polar surface area (TPSA) is 112 Å². The maximum Gasteiger partial charge on any atom is 0.251 e. The van der Waals surface area contributed by atoms with Gasteiger partial charge in [-0.15, -0.1) is 0 Å². The van der Waals surface area contributed by atoms with Crippen LogP contribution in [0.25, 0.3) is 11.3 Å². The first-order chi connectivity index (χ1) is 13.6. The number of aromatic nitrogens is 1. The summed E-state index contributed by atoms with van der Waals surface area (Å²) in [5, 5.41) is 11.9. The third-order valence-electron chi connectivity index (χ3n) is 4.91. The van der Waals surface area contributed by atoms with Crippen molar-refractivity contribution in [2.24, 2.45) is 11.7 Å². The van der Waals surface area contributed by atoms with Gasteiger partial charge in [0.15, 0.2) is 0 Å². The Hall–Kier alpha value is -3.24. The van der Waals surface area contributed by atoms with Gasteiger partial charge >= 0.3 is 0 Å². The van der Waals surface area contributed by atoms with Crippen molar-refractivity contribution < 1.29 is 9.59 Å². The molecule has 3 rings (SSSR count). The zero-order valence-electron chi connectivity index (χ0n) is 15.6. The molecule has 144 valence electrons. The lowest BCUT2D eigenvalue weighted by atomic mass is 9.97. The van der Waals surface area contributed by atoms with Gasteiger partial charge in [0, 0.05) is 30.8 Å². The summed E-state index contributed by atoms with van der Waals surface area (Å²) in [6, 6.07) is 14.4. The number of hydrogen-bond donors (Lipinski definition) is 2. The van der Waals surface area contributed by atoms with Gasteiger partial charge in [-0.25, -0.2) is 4.98 Å². The highest BCUT2D eigenvalue weighted by atomic mass is 16.2. The van der Waals surface area contributed by atoms with E-state index in [9.17, 15) is 9.59 Å². The van der Waals surface area contributed by atoms with Crippen LogP contribution in [-0.4, -0.2) is 47.9 Å². The summed E-state index contributed by atoms with van der Waals surface area (Å²) in [6.07, 6.45) is 1.78. The normalized spacial score (nSPS) is 16.9. The van der Waals surface area contributed by atoms with Gasteiger partial charge in [0.2, 0.25) is 5.91 Å². The molecule has 1 aromatic carbocycles. The van der Waals surface area contributed by atoms with E-state index in [1.807, 2.05) is 18.2 Å². The number of piperidine rings is 1. The summed E-state index contributed by atoms with van der Waals surface area (Å²) in [5.74, 6) is -0.515. The molecule has 28 heavy (non-hydrogen) atoms. The van der Waals surface area contributed by atoms with E-state index in [0.717, 1.165) is 24.9 Å². The highest BCUT2D eigenvalue weighted by molar-refractivity contribution is 5.95. The van der Waals surface area contributed by atoms with E-state index in [-0.39, 0.29) is 17.7 Å². The third-order valence-corrected chi connectivity index (χ3v) is 4.91. The lowest BCUT2D eigenvalue weighted by Gasteiger charge is -2.31. The van der Waals surface area contributed by atoms with Gasteiger partial charge in [-0.3, -0.25) is 9.59 Å². The van der Waals surface area contributed by atoms with Gasteiger partial charge in [-0.1, -0.05) is 18.2 Å². The number of likely N-dealkylation sites (tertiary alicyclic amines) is 1. The second-order valence-corrected chi connectivity index (χ2v) is 6.90. The fraction of sp³-hybridized carbons (Fsp3) is 0.333. The summed E-state index contributed by atoms with van der Waals surface area (Å²) in [7, 11) is 0. The van der Waals surface area contributed by atoms with Crippen molar-refractivity contribution in [2.45, 2.75) is 12.8 Å². The molecule has 1 atom stereocenters. The van der Waals surface area contributed by atoms with Gasteiger partial charge in [-0.05, 0) is 43.7 Å². The fourth-order valence-corrected chi connectivity index (χ4v) is 3.40. The lowest BCUT2D eigenvalue weighted by Crippen LogP contribution is -2.44.